The highest BCUT2D eigenvalue weighted by molar-refractivity contribution is 6.61. The fraction of sp³-hybridized carbons (Fsp3) is 0.722. The topological polar surface area (TPSA) is 85.4 Å². The van der Waals surface area contributed by atoms with E-state index in [0.29, 0.717) is 12.0 Å². The number of amides is 1. The summed E-state index contributed by atoms with van der Waals surface area (Å²) in [5.41, 5.74) is 0.0461. The predicted octanol–water partition coefficient (Wildman–Crippen LogP) is 1.85. The minimum atomic E-state index is -0.454. The van der Waals surface area contributed by atoms with Crippen LogP contribution >= 0.6 is 11.6 Å². The number of halogens is 1. The van der Waals surface area contributed by atoms with E-state index in [0.717, 1.165) is 31.1 Å². The van der Waals surface area contributed by atoms with E-state index in [9.17, 15) is 4.79 Å². The van der Waals surface area contributed by atoms with Crippen molar-refractivity contribution >= 4 is 36.0 Å². The summed E-state index contributed by atoms with van der Waals surface area (Å²) in [4.78, 5) is 20.2. The average Bonchev–Trinajstić information content (AvgIpc) is 2.85. The third kappa shape index (κ3) is 4.73. The number of nitrogens with one attached hydrogen (secondary N) is 2. The molecular formula is C18H28BClN4O3. The number of anilines is 1. The molecule has 1 aromatic heterocycles. The Hall–Kier alpha value is -1.38. The number of alkyl halides is 1. The molecule has 1 amide bonds. The molecule has 0 atom stereocenters. The van der Waals surface area contributed by atoms with Crippen LogP contribution in [-0.4, -0.2) is 52.2 Å². The summed E-state index contributed by atoms with van der Waals surface area (Å²) in [6, 6.07) is 0.512. The van der Waals surface area contributed by atoms with Gasteiger partial charge in [0.05, 0.1) is 11.2 Å². The molecule has 2 N–H and O–H groups in total. The van der Waals surface area contributed by atoms with Crippen molar-refractivity contribution in [1.29, 1.82) is 0 Å². The van der Waals surface area contributed by atoms with Crippen LogP contribution in [0, 0.1) is 0 Å². The third-order valence-electron chi connectivity index (χ3n) is 5.74. The highest BCUT2D eigenvalue weighted by Gasteiger charge is 2.51. The molecule has 1 aliphatic carbocycles. The highest BCUT2D eigenvalue weighted by atomic mass is 35.5. The summed E-state index contributed by atoms with van der Waals surface area (Å²) in [6.45, 7) is 8.09. The second-order valence-electron chi connectivity index (χ2n) is 8.32. The molecule has 7 nitrogen and oxygen atoms in total. The van der Waals surface area contributed by atoms with Crippen LogP contribution in [0.4, 0.5) is 5.95 Å². The minimum Gasteiger partial charge on any atom is -0.399 e. The fourth-order valence-corrected chi connectivity index (χ4v) is 3.42. The summed E-state index contributed by atoms with van der Waals surface area (Å²) >= 11 is 5.54. The molecule has 27 heavy (non-hydrogen) atoms. The lowest BCUT2D eigenvalue weighted by Crippen LogP contribution is -2.41. The number of hydrogen-bond acceptors (Lipinski definition) is 6. The molecular weight excluding hydrogens is 366 g/mol. The van der Waals surface area contributed by atoms with Crippen molar-refractivity contribution in [2.24, 2.45) is 0 Å². The number of rotatable bonds is 5. The van der Waals surface area contributed by atoms with Gasteiger partial charge in [0.2, 0.25) is 11.9 Å². The Kier molecular flexibility index (Phi) is 5.98. The van der Waals surface area contributed by atoms with Crippen LogP contribution in [-0.2, 0) is 14.1 Å². The van der Waals surface area contributed by atoms with Crippen LogP contribution in [0.5, 0.6) is 0 Å². The van der Waals surface area contributed by atoms with Gasteiger partial charge in [0.25, 0.3) is 0 Å². The Balaban J connectivity index is 1.51. The minimum absolute atomic E-state index is 0.0150. The van der Waals surface area contributed by atoms with Crippen molar-refractivity contribution in [3.8, 4) is 0 Å². The zero-order valence-electron chi connectivity index (χ0n) is 16.4. The van der Waals surface area contributed by atoms with Crippen molar-refractivity contribution in [3.63, 3.8) is 0 Å². The summed E-state index contributed by atoms with van der Waals surface area (Å²) in [7, 11) is -0.454. The second kappa shape index (κ2) is 7.93. The molecule has 0 unspecified atom stereocenters. The van der Waals surface area contributed by atoms with E-state index < -0.39 is 7.12 Å². The number of hydrogen-bond donors (Lipinski definition) is 2. The Labute approximate surface area is 166 Å². The molecule has 0 radical (unpaired) electrons. The van der Waals surface area contributed by atoms with Crippen LogP contribution in [0.15, 0.2) is 12.4 Å². The Morgan fingerprint density at radius 3 is 2.15 bits per heavy atom. The molecule has 148 valence electrons. The molecule has 2 aliphatic rings. The largest absolute Gasteiger partial charge is 0.498 e. The molecule has 0 spiro atoms. The highest BCUT2D eigenvalue weighted by Crippen LogP contribution is 2.36. The summed E-state index contributed by atoms with van der Waals surface area (Å²) in [5.74, 6) is 0.513. The van der Waals surface area contributed by atoms with E-state index in [2.05, 4.69) is 20.6 Å². The quantitative estimate of drug-likeness (QED) is 0.585. The maximum atomic E-state index is 11.4. The summed E-state index contributed by atoms with van der Waals surface area (Å²) in [6.07, 6.45) is 7.26. The van der Waals surface area contributed by atoms with Crippen molar-refractivity contribution < 1.29 is 14.1 Å². The van der Waals surface area contributed by atoms with E-state index in [1.165, 1.54) is 0 Å². The van der Waals surface area contributed by atoms with Gasteiger partial charge in [0, 0.05) is 29.9 Å². The van der Waals surface area contributed by atoms with Crippen LogP contribution < -0.4 is 16.1 Å². The van der Waals surface area contributed by atoms with Crippen molar-refractivity contribution in [2.45, 2.75) is 76.7 Å². The first-order valence-corrected chi connectivity index (χ1v) is 10.0. The molecule has 3 rings (SSSR count). The van der Waals surface area contributed by atoms with Gasteiger partial charge in [-0.1, -0.05) is 0 Å². The van der Waals surface area contributed by atoms with E-state index in [1.807, 2.05) is 27.7 Å². The van der Waals surface area contributed by atoms with Gasteiger partial charge in [-0.25, -0.2) is 9.97 Å². The Morgan fingerprint density at radius 1 is 1.11 bits per heavy atom. The summed E-state index contributed by atoms with van der Waals surface area (Å²) < 4.78 is 12.1. The first-order chi connectivity index (χ1) is 12.7. The van der Waals surface area contributed by atoms with E-state index >= 15 is 0 Å². The van der Waals surface area contributed by atoms with Crippen LogP contribution in [0.1, 0.15) is 53.4 Å². The predicted molar refractivity (Wildman–Crippen MR) is 106 cm³/mol. The average molecular weight is 395 g/mol. The van der Waals surface area contributed by atoms with Crippen molar-refractivity contribution in [2.75, 3.05) is 11.2 Å². The molecule has 0 aromatic carbocycles. The number of carbonyl (C=O) groups excluding carboxylic acids is 1. The van der Waals surface area contributed by atoms with E-state index in [1.54, 1.807) is 12.4 Å². The van der Waals surface area contributed by atoms with Gasteiger partial charge in [-0.05, 0) is 53.4 Å². The lowest BCUT2D eigenvalue weighted by Gasteiger charge is -2.32. The normalized spacial score (nSPS) is 26.6. The van der Waals surface area contributed by atoms with Gasteiger partial charge in [-0.2, -0.15) is 0 Å². The smallest absolute Gasteiger partial charge is 0.399 e. The van der Waals surface area contributed by atoms with Gasteiger partial charge in [0.15, 0.2) is 0 Å². The molecule has 0 bridgehead atoms. The van der Waals surface area contributed by atoms with E-state index in [-0.39, 0.29) is 29.0 Å². The molecule has 9 heteroatoms. The standard InChI is InChI=1S/C18H28BClN4O3/c1-17(2)18(3,4)27-19(26-17)12-10-21-16(22-11-12)24-14-7-5-13(6-8-14)23-15(25)9-20/h10-11,13-14H,5-9H2,1-4H3,(H,23,25)(H,21,22,24). The number of nitrogens with zero attached hydrogens (tertiary/aromatic N) is 2. The zero-order chi connectivity index (χ0) is 19.7. The van der Waals surface area contributed by atoms with Gasteiger partial charge in [-0.15, -0.1) is 11.6 Å². The molecule has 1 aliphatic heterocycles. The fourth-order valence-electron chi connectivity index (χ4n) is 3.34. The Morgan fingerprint density at radius 2 is 1.63 bits per heavy atom. The maximum absolute atomic E-state index is 11.4. The van der Waals surface area contributed by atoms with Gasteiger partial charge in [0.1, 0.15) is 5.88 Å². The Bertz CT molecular complexity index is 647. The lowest BCUT2D eigenvalue weighted by atomic mass is 9.81. The van der Waals surface area contributed by atoms with Gasteiger partial charge >= 0.3 is 7.12 Å². The second-order valence-corrected chi connectivity index (χ2v) is 8.59. The molecule has 1 aromatic rings. The van der Waals surface area contributed by atoms with E-state index in [4.69, 9.17) is 20.9 Å². The SMILES string of the molecule is CC1(C)OB(c2cnc(NC3CCC(NC(=O)CCl)CC3)nc2)OC1(C)C. The lowest BCUT2D eigenvalue weighted by molar-refractivity contribution is -0.119. The van der Waals surface area contributed by atoms with Crippen LogP contribution in [0.25, 0.3) is 0 Å². The van der Waals surface area contributed by atoms with Crippen LogP contribution in [0.2, 0.25) is 0 Å². The first-order valence-electron chi connectivity index (χ1n) is 9.49. The van der Waals surface area contributed by atoms with Gasteiger partial charge < -0.3 is 19.9 Å². The molecule has 2 fully saturated rings. The monoisotopic (exact) mass is 394 g/mol. The van der Waals surface area contributed by atoms with Crippen molar-refractivity contribution in [1.82, 2.24) is 15.3 Å². The summed E-state index contributed by atoms with van der Waals surface area (Å²) in [5, 5.41) is 6.32. The number of carbonyl (C=O) groups is 1. The molecule has 1 saturated heterocycles. The maximum Gasteiger partial charge on any atom is 0.498 e. The van der Waals surface area contributed by atoms with Gasteiger partial charge in [-0.3, -0.25) is 4.79 Å². The zero-order valence-corrected chi connectivity index (χ0v) is 17.2. The number of aromatic nitrogens is 2. The van der Waals surface area contributed by atoms with Crippen molar-refractivity contribution in [3.05, 3.63) is 12.4 Å². The molecule has 1 saturated carbocycles. The third-order valence-corrected chi connectivity index (χ3v) is 5.99. The van der Waals surface area contributed by atoms with Crippen LogP contribution in [0.3, 0.4) is 0 Å². The molecule has 2 heterocycles. The first kappa shape index (κ1) is 20.4.